The fourth-order valence-electron chi connectivity index (χ4n) is 2.59. The molecular formula is C18H17BrN4OS. The van der Waals surface area contributed by atoms with Crippen LogP contribution < -0.4 is 0 Å². The van der Waals surface area contributed by atoms with Crippen LogP contribution in [0.5, 0.6) is 0 Å². The van der Waals surface area contributed by atoms with E-state index in [9.17, 15) is 4.79 Å². The number of carbonyl (C=O) groups is 1. The van der Waals surface area contributed by atoms with E-state index in [1.54, 1.807) is 4.68 Å². The van der Waals surface area contributed by atoms with Crippen LogP contribution in [-0.2, 0) is 0 Å². The van der Waals surface area contributed by atoms with E-state index >= 15 is 0 Å². The van der Waals surface area contributed by atoms with Gasteiger partial charge in [-0.25, -0.2) is 0 Å². The quantitative estimate of drug-likeness (QED) is 0.455. The van der Waals surface area contributed by atoms with Crippen molar-refractivity contribution in [1.82, 2.24) is 20.2 Å². The maximum atomic E-state index is 12.6. The van der Waals surface area contributed by atoms with Crippen molar-refractivity contribution < 1.29 is 4.79 Å². The number of hydrogen-bond acceptors (Lipinski definition) is 5. The van der Waals surface area contributed by atoms with E-state index in [1.807, 2.05) is 63.2 Å². The van der Waals surface area contributed by atoms with Gasteiger partial charge >= 0.3 is 0 Å². The predicted molar refractivity (Wildman–Crippen MR) is 102 cm³/mol. The summed E-state index contributed by atoms with van der Waals surface area (Å²) in [6.45, 7) is 5.92. The molecule has 1 heterocycles. The van der Waals surface area contributed by atoms with Crippen molar-refractivity contribution in [2.45, 2.75) is 31.2 Å². The third kappa shape index (κ3) is 3.82. The second kappa shape index (κ2) is 7.49. The number of halogens is 1. The first-order valence-corrected chi connectivity index (χ1v) is 9.46. The number of hydrogen-bond donors (Lipinski definition) is 0. The highest BCUT2D eigenvalue weighted by molar-refractivity contribution is 9.10. The average Bonchev–Trinajstić information content (AvgIpc) is 3.02. The predicted octanol–water partition coefficient (Wildman–Crippen LogP) is 4.41. The zero-order valence-electron chi connectivity index (χ0n) is 14.1. The van der Waals surface area contributed by atoms with Crippen molar-refractivity contribution >= 4 is 33.5 Å². The molecule has 128 valence electrons. The zero-order chi connectivity index (χ0) is 18.0. The Balaban J connectivity index is 1.86. The van der Waals surface area contributed by atoms with Gasteiger partial charge in [-0.3, -0.25) is 4.79 Å². The van der Waals surface area contributed by atoms with E-state index in [4.69, 9.17) is 0 Å². The number of thioether (sulfide) groups is 1. The van der Waals surface area contributed by atoms with Crippen LogP contribution in [-0.4, -0.2) is 31.2 Å². The van der Waals surface area contributed by atoms with E-state index in [1.165, 1.54) is 11.8 Å². The van der Waals surface area contributed by atoms with Crippen LogP contribution >= 0.6 is 27.7 Å². The maximum Gasteiger partial charge on any atom is 0.214 e. The van der Waals surface area contributed by atoms with E-state index < -0.39 is 0 Å². The van der Waals surface area contributed by atoms with Gasteiger partial charge < -0.3 is 0 Å². The van der Waals surface area contributed by atoms with Crippen molar-refractivity contribution in [2.75, 3.05) is 0 Å². The first-order valence-electron chi connectivity index (χ1n) is 7.79. The summed E-state index contributed by atoms with van der Waals surface area (Å²) in [6.07, 6.45) is 0. The van der Waals surface area contributed by atoms with Crippen molar-refractivity contribution in [2.24, 2.45) is 0 Å². The van der Waals surface area contributed by atoms with Gasteiger partial charge in [0.2, 0.25) is 5.16 Å². The first-order chi connectivity index (χ1) is 12.0. The molecule has 1 atom stereocenters. The molecule has 3 aromatic rings. The number of benzene rings is 2. The molecule has 0 aliphatic carbocycles. The van der Waals surface area contributed by atoms with Crippen LogP contribution in [0, 0.1) is 13.8 Å². The number of aryl methyl sites for hydroxylation is 2. The largest absolute Gasteiger partial charge is 0.293 e. The van der Waals surface area contributed by atoms with E-state index in [2.05, 4.69) is 31.5 Å². The molecule has 0 saturated heterocycles. The van der Waals surface area contributed by atoms with Gasteiger partial charge in [-0.1, -0.05) is 58.0 Å². The molecule has 0 radical (unpaired) electrons. The highest BCUT2D eigenvalue weighted by atomic mass is 79.9. The van der Waals surface area contributed by atoms with Crippen molar-refractivity contribution in [3.63, 3.8) is 0 Å². The molecule has 5 nitrogen and oxygen atoms in total. The fraction of sp³-hybridized carbons (Fsp3) is 0.222. The highest BCUT2D eigenvalue weighted by Gasteiger charge is 2.21. The summed E-state index contributed by atoms with van der Waals surface area (Å²) in [6, 6.07) is 13.4. The van der Waals surface area contributed by atoms with E-state index in [0.717, 1.165) is 21.3 Å². The summed E-state index contributed by atoms with van der Waals surface area (Å²) in [7, 11) is 0. The smallest absolute Gasteiger partial charge is 0.214 e. The Labute approximate surface area is 159 Å². The number of tetrazole rings is 1. The minimum absolute atomic E-state index is 0.0496. The monoisotopic (exact) mass is 416 g/mol. The van der Waals surface area contributed by atoms with Crippen LogP contribution in [0.3, 0.4) is 0 Å². The summed E-state index contributed by atoms with van der Waals surface area (Å²) in [5, 5.41) is 12.3. The third-order valence-electron chi connectivity index (χ3n) is 3.87. The minimum atomic E-state index is -0.296. The zero-order valence-corrected chi connectivity index (χ0v) is 16.5. The fourth-order valence-corrected chi connectivity index (χ4v) is 3.73. The number of ketones is 1. The highest BCUT2D eigenvalue weighted by Crippen LogP contribution is 2.28. The molecule has 2 aromatic carbocycles. The summed E-state index contributed by atoms with van der Waals surface area (Å²) < 4.78 is 2.66. The van der Waals surface area contributed by atoms with Gasteiger partial charge in [0.1, 0.15) is 0 Å². The van der Waals surface area contributed by atoms with Crippen LogP contribution in [0.2, 0.25) is 0 Å². The number of Topliss-reactive ketones (excluding diaryl/α,β-unsaturated/α-hetero) is 1. The van der Waals surface area contributed by atoms with Gasteiger partial charge in [0, 0.05) is 10.0 Å². The second-order valence-corrected chi connectivity index (χ2v) is 7.97. The Kier molecular flexibility index (Phi) is 5.34. The standard InChI is InChI=1S/C18H17BrN4OS/c1-11-5-4-6-12(2)16(11)23-18(20-21-22-23)25-13(3)17(24)14-7-9-15(19)10-8-14/h4-10,13H,1-3H3/t13-/m0/s1. The van der Waals surface area contributed by atoms with Crippen LogP contribution in [0.1, 0.15) is 28.4 Å². The SMILES string of the molecule is Cc1cccc(C)c1-n1nnnc1S[C@@H](C)C(=O)c1ccc(Br)cc1. The lowest BCUT2D eigenvalue weighted by Crippen LogP contribution is -2.15. The number of para-hydroxylation sites is 1. The van der Waals surface area contributed by atoms with Crippen LogP contribution in [0.15, 0.2) is 52.1 Å². The molecule has 1 aromatic heterocycles. The minimum Gasteiger partial charge on any atom is -0.293 e. The van der Waals surface area contributed by atoms with Crippen molar-refractivity contribution in [3.8, 4) is 5.69 Å². The molecule has 7 heteroatoms. The second-order valence-electron chi connectivity index (χ2n) is 5.74. The van der Waals surface area contributed by atoms with E-state index in [0.29, 0.717) is 10.7 Å². The van der Waals surface area contributed by atoms with Crippen LogP contribution in [0.4, 0.5) is 0 Å². The van der Waals surface area contributed by atoms with Crippen molar-refractivity contribution in [3.05, 3.63) is 63.6 Å². The molecule has 0 bridgehead atoms. The Morgan fingerprint density at radius 3 is 2.40 bits per heavy atom. The number of rotatable bonds is 5. The molecule has 0 amide bonds. The van der Waals surface area contributed by atoms with Gasteiger partial charge in [-0.2, -0.15) is 4.68 Å². The number of nitrogens with zero attached hydrogens (tertiary/aromatic N) is 4. The topological polar surface area (TPSA) is 60.7 Å². The van der Waals surface area contributed by atoms with Gasteiger partial charge in [-0.15, -0.1) is 5.10 Å². The third-order valence-corrected chi connectivity index (χ3v) is 5.43. The Morgan fingerprint density at radius 1 is 1.12 bits per heavy atom. The molecule has 25 heavy (non-hydrogen) atoms. The summed E-state index contributed by atoms with van der Waals surface area (Å²) >= 11 is 4.74. The van der Waals surface area contributed by atoms with Crippen LogP contribution in [0.25, 0.3) is 5.69 Å². The maximum absolute atomic E-state index is 12.6. The lowest BCUT2D eigenvalue weighted by molar-refractivity contribution is 0.0994. The molecule has 0 aliphatic rings. The molecule has 0 N–H and O–H groups in total. The van der Waals surface area contributed by atoms with E-state index in [-0.39, 0.29) is 11.0 Å². The van der Waals surface area contributed by atoms with Gasteiger partial charge in [0.05, 0.1) is 10.9 Å². The molecule has 0 unspecified atom stereocenters. The number of carbonyl (C=O) groups excluding carboxylic acids is 1. The lowest BCUT2D eigenvalue weighted by atomic mass is 10.1. The first kappa shape index (κ1) is 17.8. The number of aromatic nitrogens is 4. The van der Waals surface area contributed by atoms with Crippen molar-refractivity contribution in [1.29, 1.82) is 0 Å². The Morgan fingerprint density at radius 2 is 1.76 bits per heavy atom. The summed E-state index contributed by atoms with van der Waals surface area (Å²) in [4.78, 5) is 12.6. The molecule has 0 fully saturated rings. The molecule has 0 saturated carbocycles. The molecule has 3 rings (SSSR count). The average molecular weight is 417 g/mol. The normalized spacial score (nSPS) is 12.2. The summed E-state index contributed by atoms with van der Waals surface area (Å²) in [5.74, 6) is 0.0496. The molecule has 0 aliphatic heterocycles. The van der Waals surface area contributed by atoms with Gasteiger partial charge in [-0.05, 0) is 54.5 Å². The lowest BCUT2D eigenvalue weighted by Gasteiger charge is -2.13. The molecule has 0 spiro atoms. The van der Waals surface area contributed by atoms with Gasteiger partial charge in [0.25, 0.3) is 0 Å². The Bertz CT molecular complexity index is 887. The summed E-state index contributed by atoms with van der Waals surface area (Å²) in [5.41, 5.74) is 3.80. The Hall–Kier alpha value is -1.99. The molecular weight excluding hydrogens is 400 g/mol. The van der Waals surface area contributed by atoms with Gasteiger partial charge in [0.15, 0.2) is 5.78 Å².